The number of carbonyl (C=O) groups is 1. The molecule has 1 unspecified atom stereocenters. The Morgan fingerprint density at radius 2 is 1.96 bits per heavy atom. The van der Waals surface area contributed by atoms with Crippen LogP contribution in [0.2, 0.25) is 0 Å². The van der Waals surface area contributed by atoms with E-state index in [4.69, 9.17) is 9.47 Å². The summed E-state index contributed by atoms with van der Waals surface area (Å²) in [5.74, 6) is 1.46. The monoisotopic (exact) mass is 390 g/mol. The molecule has 6 heteroatoms. The molecule has 3 rings (SSSR count). The van der Waals surface area contributed by atoms with Crippen molar-refractivity contribution in [2.45, 2.75) is 12.5 Å². The van der Waals surface area contributed by atoms with Gasteiger partial charge >= 0.3 is 6.03 Å². The highest BCUT2D eigenvalue weighted by Crippen LogP contribution is 2.30. The number of nitrogens with one attached hydrogen (secondary N) is 2. The van der Waals surface area contributed by atoms with Crippen molar-refractivity contribution in [3.63, 3.8) is 0 Å². The third-order valence-electron chi connectivity index (χ3n) is 3.65. The van der Waals surface area contributed by atoms with Crippen LogP contribution in [0.15, 0.2) is 53.0 Å². The van der Waals surface area contributed by atoms with Crippen LogP contribution in [-0.4, -0.2) is 31.8 Å². The van der Waals surface area contributed by atoms with Crippen molar-refractivity contribution < 1.29 is 14.3 Å². The highest BCUT2D eigenvalue weighted by molar-refractivity contribution is 9.10. The molecule has 2 amide bonds. The number of ether oxygens (including phenoxy) is 2. The Morgan fingerprint density at radius 1 is 1.12 bits per heavy atom. The molecule has 1 aliphatic rings. The van der Waals surface area contributed by atoms with E-state index in [-0.39, 0.29) is 12.1 Å². The standard InChI is InChI=1S/C18H19BrN2O3/c19-14-5-3-4-13(10-14)8-9-20-18(22)21-11-15-12-23-16-6-1-2-7-17(16)24-15/h1-7,10,15H,8-9,11-12H2,(H2,20,21,22). The van der Waals surface area contributed by atoms with E-state index in [9.17, 15) is 4.79 Å². The molecule has 0 radical (unpaired) electrons. The first kappa shape index (κ1) is 16.6. The van der Waals surface area contributed by atoms with Crippen molar-refractivity contribution in [2.24, 2.45) is 0 Å². The molecule has 24 heavy (non-hydrogen) atoms. The smallest absolute Gasteiger partial charge is 0.314 e. The molecule has 126 valence electrons. The van der Waals surface area contributed by atoms with Gasteiger partial charge in [-0.2, -0.15) is 0 Å². The molecule has 1 atom stereocenters. The van der Waals surface area contributed by atoms with E-state index in [1.807, 2.05) is 48.5 Å². The van der Waals surface area contributed by atoms with Crippen molar-refractivity contribution in [2.75, 3.05) is 19.7 Å². The largest absolute Gasteiger partial charge is 0.486 e. The molecule has 0 fully saturated rings. The zero-order chi connectivity index (χ0) is 16.8. The summed E-state index contributed by atoms with van der Waals surface area (Å²) in [4.78, 5) is 11.9. The number of urea groups is 1. The second-order valence-corrected chi connectivity index (χ2v) is 6.43. The van der Waals surface area contributed by atoms with E-state index in [1.165, 1.54) is 5.56 Å². The third-order valence-corrected chi connectivity index (χ3v) is 4.14. The second-order valence-electron chi connectivity index (χ2n) is 5.51. The Kier molecular flexibility index (Phi) is 5.59. The fourth-order valence-corrected chi connectivity index (χ4v) is 2.89. The first-order valence-electron chi connectivity index (χ1n) is 7.85. The van der Waals surface area contributed by atoms with E-state index in [0.717, 1.165) is 16.6 Å². The molecule has 0 saturated carbocycles. The van der Waals surface area contributed by atoms with E-state index < -0.39 is 0 Å². The van der Waals surface area contributed by atoms with Crippen LogP contribution >= 0.6 is 15.9 Å². The topological polar surface area (TPSA) is 59.6 Å². The van der Waals surface area contributed by atoms with Crippen LogP contribution in [0.5, 0.6) is 11.5 Å². The third kappa shape index (κ3) is 4.64. The Hall–Kier alpha value is -2.21. The van der Waals surface area contributed by atoms with Gasteiger partial charge in [-0.05, 0) is 36.2 Å². The summed E-state index contributed by atoms with van der Waals surface area (Å²) < 4.78 is 12.5. The Morgan fingerprint density at radius 3 is 2.79 bits per heavy atom. The predicted octanol–water partition coefficient (Wildman–Crippen LogP) is 3.13. The van der Waals surface area contributed by atoms with Gasteiger partial charge < -0.3 is 20.1 Å². The van der Waals surface area contributed by atoms with E-state index in [2.05, 4.69) is 26.6 Å². The van der Waals surface area contributed by atoms with Crippen LogP contribution in [0, 0.1) is 0 Å². The quantitative estimate of drug-likeness (QED) is 0.824. The van der Waals surface area contributed by atoms with Crippen molar-refractivity contribution in [3.8, 4) is 11.5 Å². The van der Waals surface area contributed by atoms with E-state index in [1.54, 1.807) is 0 Å². The van der Waals surface area contributed by atoms with Crippen LogP contribution in [0.1, 0.15) is 5.56 Å². The molecule has 1 heterocycles. The highest BCUT2D eigenvalue weighted by Gasteiger charge is 2.20. The maximum atomic E-state index is 11.9. The number of hydrogen-bond donors (Lipinski definition) is 2. The molecule has 2 N–H and O–H groups in total. The Bertz CT molecular complexity index is 708. The minimum atomic E-state index is -0.201. The number of amides is 2. The highest BCUT2D eigenvalue weighted by atomic mass is 79.9. The summed E-state index contributed by atoms with van der Waals surface area (Å²) in [6.45, 7) is 1.40. The first-order chi connectivity index (χ1) is 11.7. The number of benzene rings is 2. The number of rotatable bonds is 5. The fraction of sp³-hybridized carbons (Fsp3) is 0.278. The van der Waals surface area contributed by atoms with Crippen LogP contribution in [0.4, 0.5) is 4.79 Å². The van der Waals surface area contributed by atoms with Gasteiger partial charge in [-0.15, -0.1) is 0 Å². The summed E-state index contributed by atoms with van der Waals surface area (Å²) >= 11 is 3.44. The Labute approximate surface area is 149 Å². The second kappa shape index (κ2) is 8.06. The summed E-state index contributed by atoms with van der Waals surface area (Å²) in [5, 5.41) is 5.66. The minimum Gasteiger partial charge on any atom is -0.486 e. The molecule has 2 aromatic carbocycles. The number of hydrogen-bond acceptors (Lipinski definition) is 3. The average molecular weight is 391 g/mol. The van der Waals surface area contributed by atoms with Gasteiger partial charge in [0.05, 0.1) is 6.54 Å². The van der Waals surface area contributed by atoms with Gasteiger partial charge in [0.15, 0.2) is 17.6 Å². The summed E-state index contributed by atoms with van der Waals surface area (Å²) in [6.07, 6.45) is 0.597. The number of carbonyl (C=O) groups excluding carboxylic acids is 1. The van der Waals surface area contributed by atoms with Crippen molar-refractivity contribution >= 4 is 22.0 Å². The minimum absolute atomic E-state index is 0.185. The lowest BCUT2D eigenvalue weighted by Gasteiger charge is -2.26. The lowest BCUT2D eigenvalue weighted by atomic mass is 10.1. The van der Waals surface area contributed by atoms with E-state index in [0.29, 0.717) is 25.4 Å². The van der Waals surface area contributed by atoms with Gasteiger partial charge in [0, 0.05) is 11.0 Å². The number of para-hydroxylation sites is 2. The fourth-order valence-electron chi connectivity index (χ4n) is 2.45. The molecule has 0 bridgehead atoms. The molecule has 5 nitrogen and oxygen atoms in total. The van der Waals surface area contributed by atoms with Crippen molar-refractivity contribution in [1.29, 1.82) is 0 Å². The Balaban J connectivity index is 1.37. The van der Waals surface area contributed by atoms with Crippen LogP contribution in [0.25, 0.3) is 0 Å². The van der Waals surface area contributed by atoms with Crippen molar-refractivity contribution in [3.05, 3.63) is 58.6 Å². The zero-order valence-electron chi connectivity index (χ0n) is 13.1. The summed E-state index contributed by atoms with van der Waals surface area (Å²) in [5.41, 5.74) is 1.17. The first-order valence-corrected chi connectivity index (χ1v) is 8.64. The molecule has 2 aromatic rings. The van der Waals surface area contributed by atoms with Gasteiger partial charge in [0.2, 0.25) is 0 Å². The molecular weight excluding hydrogens is 372 g/mol. The lowest BCUT2D eigenvalue weighted by Crippen LogP contribution is -2.44. The maximum absolute atomic E-state index is 11.9. The average Bonchev–Trinajstić information content (AvgIpc) is 2.60. The van der Waals surface area contributed by atoms with Gasteiger partial charge in [-0.3, -0.25) is 0 Å². The molecule has 0 aromatic heterocycles. The van der Waals surface area contributed by atoms with Crippen molar-refractivity contribution in [1.82, 2.24) is 10.6 Å². The SMILES string of the molecule is O=C(NCCc1cccc(Br)c1)NCC1COc2ccccc2O1. The van der Waals surface area contributed by atoms with Gasteiger partial charge in [-0.25, -0.2) is 4.79 Å². The van der Waals surface area contributed by atoms with Crippen LogP contribution < -0.4 is 20.1 Å². The van der Waals surface area contributed by atoms with Gasteiger partial charge in [0.1, 0.15) is 6.61 Å². The normalized spacial score (nSPS) is 15.6. The lowest BCUT2D eigenvalue weighted by molar-refractivity contribution is 0.0918. The van der Waals surface area contributed by atoms with Gasteiger partial charge in [0.25, 0.3) is 0 Å². The number of halogens is 1. The van der Waals surface area contributed by atoms with E-state index >= 15 is 0 Å². The van der Waals surface area contributed by atoms with Crippen LogP contribution in [-0.2, 0) is 6.42 Å². The van der Waals surface area contributed by atoms with Crippen LogP contribution in [0.3, 0.4) is 0 Å². The zero-order valence-corrected chi connectivity index (χ0v) is 14.7. The summed E-state index contributed by atoms with van der Waals surface area (Å²) in [7, 11) is 0. The molecule has 0 aliphatic carbocycles. The molecule has 0 saturated heterocycles. The molecule has 0 spiro atoms. The molecular formula is C18H19BrN2O3. The summed E-state index contributed by atoms with van der Waals surface area (Å²) in [6, 6.07) is 15.4. The molecule has 1 aliphatic heterocycles. The van der Waals surface area contributed by atoms with Gasteiger partial charge in [-0.1, -0.05) is 40.2 Å². The number of fused-ring (bicyclic) bond motifs is 1. The maximum Gasteiger partial charge on any atom is 0.314 e. The predicted molar refractivity (Wildman–Crippen MR) is 95.6 cm³/mol.